The average molecular weight is 289 g/mol. The van der Waals surface area contributed by atoms with Gasteiger partial charge in [0.15, 0.2) is 0 Å². The van der Waals surface area contributed by atoms with Gasteiger partial charge in [-0.1, -0.05) is 12.1 Å². The molecule has 0 atom stereocenters. The van der Waals surface area contributed by atoms with Crippen LogP contribution in [0.3, 0.4) is 0 Å². The normalized spacial score (nSPS) is 16.5. The van der Waals surface area contributed by atoms with Crippen molar-refractivity contribution < 1.29 is 9.59 Å². The molecule has 1 aliphatic rings. The predicted octanol–water partition coefficient (Wildman–Crippen LogP) is 1.15. The summed E-state index contributed by atoms with van der Waals surface area (Å²) >= 11 is 0. The van der Waals surface area contributed by atoms with Crippen LogP contribution in [0, 0.1) is 0 Å². The van der Waals surface area contributed by atoms with E-state index in [1.807, 2.05) is 12.1 Å². The highest BCUT2D eigenvalue weighted by Crippen LogP contribution is 2.10. The van der Waals surface area contributed by atoms with Crippen LogP contribution in [0.4, 0.5) is 0 Å². The molecule has 114 valence electrons. The topological polar surface area (TPSA) is 61.4 Å². The van der Waals surface area contributed by atoms with Gasteiger partial charge >= 0.3 is 0 Å². The summed E-state index contributed by atoms with van der Waals surface area (Å²) < 4.78 is 0. The smallest absolute Gasteiger partial charge is 0.251 e. The maximum Gasteiger partial charge on any atom is 0.251 e. The minimum atomic E-state index is -0.0564. The second-order valence-electron chi connectivity index (χ2n) is 5.66. The van der Waals surface area contributed by atoms with E-state index in [0.29, 0.717) is 12.1 Å². The molecule has 1 heterocycles. The molecule has 2 N–H and O–H groups in total. The van der Waals surface area contributed by atoms with E-state index in [0.717, 1.165) is 31.5 Å². The quantitative estimate of drug-likeness (QED) is 0.874. The van der Waals surface area contributed by atoms with Crippen molar-refractivity contribution in [3.8, 4) is 0 Å². The van der Waals surface area contributed by atoms with Crippen molar-refractivity contribution in [3.63, 3.8) is 0 Å². The Balaban J connectivity index is 1.86. The van der Waals surface area contributed by atoms with Crippen molar-refractivity contribution in [2.45, 2.75) is 32.4 Å². The van der Waals surface area contributed by atoms with Crippen molar-refractivity contribution in [1.82, 2.24) is 15.5 Å². The molecule has 1 aliphatic heterocycles. The Morgan fingerprint density at radius 3 is 2.38 bits per heavy atom. The highest BCUT2D eigenvalue weighted by Gasteiger charge is 2.18. The van der Waals surface area contributed by atoms with Crippen molar-refractivity contribution >= 4 is 11.8 Å². The largest absolute Gasteiger partial charge is 0.352 e. The summed E-state index contributed by atoms with van der Waals surface area (Å²) in [5.41, 5.74) is 1.65. The lowest BCUT2D eigenvalue weighted by Crippen LogP contribution is -2.43. The molecule has 0 saturated carbocycles. The van der Waals surface area contributed by atoms with Crippen LogP contribution < -0.4 is 10.6 Å². The second kappa shape index (κ2) is 7.22. The molecule has 5 nitrogen and oxygen atoms in total. The maximum atomic E-state index is 12.2. The molecule has 1 fully saturated rings. The van der Waals surface area contributed by atoms with Crippen LogP contribution in [0.5, 0.6) is 0 Å². The number of benzene rings is 1. The molecule has 0 bridgehead atoms. The van der Waals surface area contributed by atoms with Crippen LogP contribution >= 0.6 is 0 Å². The summed E-state index contributed by atoms with van der Waals surface area (Å²) in [6.45, 7) is 4.04. The lowest BCUT2D eigenvalue weighted by Gasteiger charge is -2.29. The fourth-order valence-electron chi connectivity index (χ4n) is 2.42. The molecule has 0 radical (unpaired) electrons. The first-order chi connectivity index (χ1) is 10.0. The third kappa shape index (κ3) is 4.86. The number of nitrogens with one attached hydrogen (secondary N) is 2. The molecule has 5 heteroatoms. The molecule has 1 saturated heterocycles. The lowest BCUT2D eigenvalue weighted by molar-refractivity contribution is -0.119. The Hall–Kier alpha value is -1.88. The van der Waals surface area contributed by atoms with E-state index >= 15 is 0 Å². The van der Waals surface area contributed by atoms with Crippen LogP contribution in [0.25, 0.3) is 0 Å². The molecule has 1 aromatic carbocycles. The second-order valence-corrected chi connectivity index (χ2v) is 5.66. The van der Waals surface area contributed by atoms with Crippen LogP contribution in [0.15, 0.2) is 24.3 Å². The third-order valence-electron chi connectivity index (χ3n) is 3.81. The molecule has 0 aliphatic carbocycles. The van der Waals surface area contributed by atoms with E-state index in [1.54, 1.807) is 12.1 Å². The first-order valence-electron chi connectivity index (χ1n) is 7.37. The molecular formula is C16H23N3O2. The van der Waals surface area contributed by atoms with Crippen LogP contribution in [-0.4, -0.2) is 42.9 Å². The summed E-state index contributed by atoms with van der Waals surface area (Å²) in [7, 11) is 2.10. The zero-order valence-corrected chi connectivity index (χ0v) is 12.7. The minimum Gasteiger partial charge on any atom is -0.352 e. The van der Waals surface area contributed by atoms with Crippen LogP contribution in [-0.2, 0) is 11.3 Å². The monoisotopic (exact) mass is 289 g/mol. The van der Waals surface area contributed by atoms with E-state index in [-0.39, 0.29) is 17.9 Å². The van der Waals surface area contributed by atoms with E-state index < -0.39 is 0 Å². The number of amides is 2. The Morgan fingerprint density at radius 2 is 1.81 bits per heavy atom. The van der Waals surface area contributed by atoms with Gasteiger partial charge in [0.1, 0.15) is 0 Å². The standard InChI is InChI=1S/C16H23N3O2/c1-12(20)17-11-13-3-5-14(6-4-13)16(21)18-15-7-9-19(2)10-8-15/h3-6,15H,7-11H2,1-2H3,(H,17,20)(H,18,21). The number of hydrogen-bond acceptors (Lipinski definition) is 3. The number of piperidine rings is 1. The van der Waals surface area contributed by atoms with Crippen LogP contribution in [0.2, 0.25) is 0 Å². The Kier molecular flexibility index (Phi) is 5.33. The van der Waals surface area contributed by atoms with Gasteiger partial charge in [-0.25, -0.2) is 0 Å². The first kappa shape index (κ1) is 15.5. The molecule has 2 amide bonds. The maximum absolute atomic E-state index is 12.2. The molecule has 0 aromatic heterocycles. The third-order valence-corrected chi connectivity index (χ3v) is 3.81. The summed E-state index contributed by atoms with van der Waals surface area (Å²) in [5, 5.41) is 5.83. The number of hydrogen-bond donors (Lipinski definition) is 2. The summed E-state index contributed by atoms with van der Waals surface area (Å²) in [5.74, 6) is -0.0743. The summed E-state index contributed by atoms with van der Waals surface area (Å²) in [4.78, 5) is 25.3. The number of nitrogens with zero attached hydrogens (tertiary/aromatic N) is 1. The van der Waals surface area contributed by atoms with Gasteiger partial charge < -0.3 is 15.5 Å². The van der Waals surface area contributed by atoms with Gasteiger partial charge in [0.2, 0.25) is 5.91 Å². The zero-order chi connectivity index (χ0) is 15.2. The fourth-order valence-corrected chi connectivity index (χ4v) is 2.42. The van der Waals surface area contributed by atoms with E-state index in [4.69, 9.17) is 0 Å². The lowest BCUT2D eigenvalue weighted by atomic mass is 10.0. The van der Waals surface area contributed by atoms with Gasteiger partial charge in [-0.15, -0.1) is 0 Å². The molecule has 0 spiro atoms. The van der Waals surface area contributed by atoms with E-state index in [9.17, 15) is 9.59 Å². The van der Waals surface area contributed by atoms with Crippen molar-refractivity contribution in [2.24, 2.45) is 0 Å². The van der Waals surface area contributed by atoms with Crippen molar-refractivity contribution in [1.29, 1.82) is 0 Å². The average Bonchev–Trinajstić information content (AvgIpc) is 2.48. The van der Waals surface area contributed by atoms with Gasteiger partial charge in [-0.3, -0.25) is 9.59 Å². The molecule has 2 rings (SSSR count). The van der Waals surface area contributed by atoms with Gasteiger partial charge in [-0.2, -0.15) is 0 Å². The first-order valence-corrected chi connectivity index (χ1v) is 7.37. The van der Waals surface area contributed by atoms with Crippen molar-refractivity contribution in [3.05, 3.63) is 35.4 Å². The number of likely N-dealkylation sites (tertiary alicyclic amines) is 1. The van der Waals surface area contributed by atoms with Crippen LogP contribution in [0.1, 0.15) is 35.7 Å². The molecule has 0 unspecified atom stereocenters. The molecular weight excluding hydrogens is 266 g/mol. The molecule has 21 heavy (non-hydrogen) atoms. The highest BCUT2D eigenvalue weighted by atomic mass is 16.2. The van der Waals surface area contributed by atoms with Gasteiger partial charge in [-0.05, 0) is 50.7 Å². The Bertz CT molecular complexity index is 491. The van der Waals surface area contributed by atoms with E-state index in [2.05, 4.69) is 22.6 Å². The Morgan fingerprint density at radius 1 is 1.19 bits per heavy atom. The number of rotatable bonds is 4. The van der Waals surface area contributed by atoms with Gasteiger partial charge in [0.25, 0.3) is 5.91 Å². The SMILES string of the molecule is CC(=O)NCc1ccc(C(=O)NC2CCN(C)CC2)cc1. The van der Waals surface area contributed by atoms with Crippen molar-refractivity contribution in [2.75, 3.05) is 20.1 Å². The number of carbonyl (C=O) groups excluding carboxylic acids is 2. The minimum absolute atomic E-state index is 0.0179. The number of carbonyl (C=O) groups is 2. The highest BCUT2D eigenvalue weighted by molar-refractivity contribution is 5.94. The molecule has 1 aromatic rings. The predicted molar refractivity (Wildman–Crippen MR) is 81.9 cm³/mol. The zero-order valence-electron chi connectivity index (χ0n) is 12.7. The van der Waals surface area contributed by atoms with Gasteiger partial charge in [0, 0.05) is 25.1 Å². The summed E-state index contributed by atoms with van der Waals surface area (Å²) in [6, 6.07) is 7.63. The van der Waals surface area contributed by atoms with Gasteiger partial charge in [0.05, 0.1) is 0 Å². The fraction of sp³-hybridized carbons (Fsp3) is 0.500. The summed E-state index contributed by atoms with van der Waals surface area (Å²) in [6.07, 6.45) is 2.01. The Labute approximate surface area is 125 Å². The van der Waals surface area contributed by atoms with E-state index in [1.165, 1.54) is 6.92 Å².